The lowest BCUT2D eigenvalue weighted by Gasteiger charge is -2.26. The largest absolute Gasteiger partial charge is 0.493 e. The molecule has 0 N–H and O–H groups in total. The number of benzene rings is 2. The fourth-order valence-corrected chi connectivity index (χ4v) is 3.58. The molecule has 0 spiro atoms. The summed E-state index contributed by atoms with van der Waals surface area (Å²) in [5.74, 6) is 0.119. The van der Waals surface area contributed by atoms with E-state index in [0.29, 0.717) is 37.6 Å². The normalized spacial score (nSPS) is 15.0. The van der Waals surface area contributed by atoms with Gasteiger partial charge in [-0.25, -0.2) is 4.79 Å². The Balaban J connectivity index is 1.69. The van der Waals surface area contributed by atoms with Crippen LogP contribution in [0, 0.1) is 11.3 Å². The molecule has 1 atom stereocenters. The van der Waals surface area contributed by atoms with Gasteiger partial charge in [-0.05, 0) is 53.8 Å². The molecule has 36 heavy (non-hydrogen) atoms. The average Bonchev–Trinajstić information content (AvgIpc) is 2.87. The number of rotatable bonds is 7. The Hall–Kier alpha value is -3.83. The van der Waals surface area contributed by atoms with E-state index in [1.165, 1.54) is 13.2 Å². The van der Waals surface area contributed by atoms with Crippen molar-refractivity contribution in [2.75, 3.05) is 33.4 Å². The molecule has 3 rings (SSSR count). The summed E-state index contributed by atoms with van der Waals surface area (Å²) in [6.07, 6.45) is 0.630. The summed E-state index contributed by atoms with van der Waals surface area (Å²) in [5, 5.41) is 9.51. The fourth-order valence-electron chi connectivity index (χ4n) is 3.58. The van der Waals surface area contributed by atoms with Gasteiger partial charge in [-0.1, -0.05) is 39.0 Å². The monoisotopic (exact) mass is 492 g/mol. The van der Waals surface area contributed by atoms with Crippen LogP contribution in [0.25, 0.3) is 6.08 Å². The van der Waals surface area contributed by atoms with Gasteiger partial charge in [-0.3, -0.25) is 4.79 Å². The van der Waals surface area contributed by atoms with Crippen LogP contribution in [0.3, 0.4) is 0 Å². The summed E-state index contributed by atoms with van der Waals surface area (Å²) in [7, 11) is 1.45. The van der Waals surface area contributed by atoms with Crippen molar-refractivity contribution in [2.45, 2.75) is 39.2 Å². The molecule has 1 aliphatic rings. The van der Waals surface area contributed by atoms with Gasteiger partial charge in [0.2, 0.25) is 0 Å². The lowest BCUT2D eigenvalue weighted by molar-refractivity contribution is -0.141. The predicted molar refractivity (Wildman–Crippen MR) is 135 cm³/mol. The van der Waals surface area contributed by atoms with Crippen LogP contribution in [-0.4, -0.2) is 56.3 Å². The highest BCUT2D eigenvalue weighted by atomic mass is 16.6. The van der Waals surface area contributed by atoms with Crippen molar-refractivity contribution in [1.82, 2.24) is 4.90 Å². The molecule has 1 fully saturated rings. The van der Waals surface area contributed by atoms with E-state index in [1.807, 2.05) is 30.3 Å². The third-order valence-corrected chi connectivity index (χ3v) is 5.72. The number of esters is 1. The smallest absolute Gasteiger partial charge is 0.352 e. The van der Waals surface area contributed by atoms with Crippen molar-refractivity contribution in [3.8, 4) is 23.3 Å². The number of ether oxygens (including phenoxy) is 4. The van der Waals surface area contributed by atoms with Gasteiger partial charge in [0, 0.05) is 13.1 Å². The number of hydrogen-bond donors (Lipinski definition) is 0. The summed E-state index contributed by atoms with van der Waals surface area (Å²) in [5.41, 5.74) is 1.75. The molecule has 1 saturated heterocycles. The van der Waals surface area contributed by atoms with Gasteiger partial charge in [-0.15, -0.1) is 0 Å². The first-order valence-electron chi connectivity index (χ1n) is 11.8. The molecule has 0 aliphatic carbocycles. The Kier molecular flexibility index (Phi) is 8.73. The highest BCUT2D eigenvalue weighted by Gasteiger charge is 2.22. The van der Waals surface area contributed by atoms with Gasteiger partial charge in [-0.2, -0.15) is 5.26 Å². The van der Waals surface area contributed by atoms with Gasteiger partial charge in [0.05, 0.1) is 20.3 Å². The minimum Gasteiger partial charge on any atom is -0.493 e. The molecule has 190 valence electrons. The van der Waals surface area contributed by atoms with E-state index in [0.717, 1.165) is 5.56 Å². The molecule has 2 aromatic rings. The second-order valence-corrected chi connectivity index (χ2v) is 9.44. The van der Waals surface area contributed by atoms with Crippen molar-refractivity contribution >= 4 is 18.0 Å². The van der Waals surface area contributed by atoms with Crippen LogP contribution in [0.4, 0.5) is 0 Å². The van der Waals surface area contributed by atoms with E-state index in [4.69, 9.17) is 18.9 Å². The van der Waals surface area contributed by atoms with Crippen LogP contribution >= 0.6 is 0 Å². The fraction of sp³-hybridized carbons (Fsp3) is 0.393. The van der Waals surface area contributed by atoms with Crippen LogP contribution in [0.1, 0.15) is 38.8 Å². The first kappa shape index (κ1) is 26.8. The highest BCUT2D eigenvalue weighted by molar-refractivity contribution is 6.01. The van der Waals surface area contributed by atoms with Gasteiger partial charge in [0.1, 0.15) is 17.4 Å². The second kappa shape index (κ2) is 11.7. The molecule has 8 nitrogen and oxygen atoms in total. The molecule has 1 amide bonds. The van der Waals surface area contributed by atoms with Gasteiger partial charge >= 0.3 is 5.97 Å². The lowest BCUT2D eigenvalue weighted by Crippen LogP contribution is -2.41. The summed E-state index contributed by atoms with van der Waals surface area (Å²) in [4.78, 5) is 26.9. The van der Waals surface area contributed by atoms with E-state index in [1.54, 1.807) is 30.0 Å². The molecule has 1 unspecified atom stereocenters. The summed E-state index contributed by atoms with van der Waals surface area (Å²) in [6.45, 7) is 9.76. The standard InChI is InChI=1S/C28H32N2O6/c1-19(35-23-9-7-22(8-10-23)28(2,3)4)27(32)36-24-11-6-20(17-25(24)33-5)16-21(18-29)26(31)30-12-14-34-15-13-30/h6-11,16-17,19H,12-15H2,1-5H3/b21-16+. The minimum absolute atomic E-state index is 0.00296. The molecule has 1 aliphatic heterocycles. The number of nitrogens with zero attached hydrogens (tertiary/aromatic N) is 2. The first-order valence-corrected chi connectivity index (χ1v) is 11.8. The zero-order chi connectivity index (χ0) is 26.3. The Morgan fingerprint density at radius 3 is 2.33 bits per heavy atom. The summed E-state index contributed by atoms with van der Waals surface area (Å²) < 4.78 is 21.9. The van der Waals surface area contributed by atoms with E-state index >= 15 is 0 Å². The van der Waals surface area contributed by atoms with Crippen LogP contribution in [-0.2, 0) is 19.7 Å². The van der Waals surface area contributed by atoms with Gasteiger partial charge in [0.25, 0.3) is 5.91 Å². The Morgan fingerprint density at radius 2 is 1.75 bits per heavy atom. The quantitative estimate of drug-likeness (QED) is 0.248. The maximum atomic E-state index is 12.7. The Bertz CT molecular complexity index is 1150. The van der Waals surface area contributed by atoms with Gasteiger partial charge in [0.15, 0.2) is 17.6 Å². The molecule has 0 saturated carbocycles. The van der Waals surface area contributed by atoms with Crippen molar-refractivity contribution in [3.63, 3.8) is 0 Å². The first-order chi connectivity index (χ1) is 17.1. The van der Waals surface area contributed by atoms with E-state index in [2.05, 4.69) is 20.8 Å². The summed E-state index contributed by atoms with van der Waals surface area (Å²) >= 11 is 0. The van der Waals surface area contributed by atoms with E-state index < -0.39 is 12.1 Å². The highest BCUT2D eigenvalue weighted by Crippen LogP contribution is 2.30. The number of carbonyl (C=O) groups excluding carboxylic acids is 2. The molecule has 8 heteroatoms. The van der Waals surface area contributed by atoms with Gasteiger partial charge < -0.3 is 23.8 Å². The third kappa shape index (κ3) is 6.86. The van der Waals surface area contributed by atoms with Crippen molar-refractivity contribution in [1.29, 1.82) is 5.26 Å². The molecule has 1 heterocycles. The molecule has 0 aromatic heterocycles. The van der Waals surface area contributed by atoms with Crippen molar-refractivity contribution in [2.24, 2.45) is 0 Å². The van der Waals surface area contributed by atoms with E-state index in [9.17, 15) is 14.9 Å². The average molecular weight is 493 g/mol. The number of methoxy groups -OCH3 is 1. The van der Waals surface area contributed by atoms with E-state index in [-0.39, 0.29) is 28.4 Å². The maximum absolute atomic E-state index is 12.7. The topological polar surface area (TPSA) is 98.1 Å². The van der Waals surface area contributed by atoms with Crippen LogP contribution in [0.5, 0.6) is 17.2 Å². The number of morpholine rings is 1. The second-order valence-electron chi connectivity index (χ2n) is 9.44. The zero-order valence-corrected chi connectivity index (χ0v) is 21.4. The number of hydrogen-bond acceptors (Lipinski definition) is 7. The number of carbonyl (C=O) groups is 2. The predicted octanol–water partition coefficient (Wildman–Crippen LogP) is 4.13. The van der Waals surface area contributed by atoms with Crippen LogP contribution in [0.2, 0.25) is 0 Å². The Labute approximate surface area is 212 Å². The third-order valence-electron chi connectivity index (χ3n) is 5.72. The maximum Gasteiger partial charge on any atom is 0.352 e. The van der Waals surface area contributed by atoms with Crippen LogP contribution < -0.4 is 14.2 Å². The van der Waals surface area contributed by atoms with Crippen molar-refractivity contribution < 1.29 is 28.5 Å². The lowest BCUT2D eigenvalue weighted by atomic mass is 9.87. The summed E-state index contributed by atoms with van der Waals surface area (Å²) in [6, 6.07) is 14.4. The Morgan fingerprint density at radius 1 is 1.08 bits per heavy atom. The zero-order valence-electron chi connectivity index (χ0n) is 21.4. The van der Waals surface area contributed by atoms with Crippen molar-refractivity contribution in [3.05, 3.63) is 59.2 Å². The minimum atomic E-state index is -0.855. The van der Waals surface area contributed by atoms with Crippen LogP contribution in [0.15, 0.2) is 48.0 Å². The molecular weight excluding hydrogens is 460 g/mol. The SMILES string of the molecule is COc1cc(/C=C(\C#N)C(=O)N2CCOCC2)ccc1OC(=O)C(C)Oc1ccc(C(C)(C)C)cc1. The number of nitriles is 1. The number of amides is 1. The molecule has 2 aromatic carbocycles. The molecule has 0 radical (unpaired) electrons. The molecule has 0 bridgehead atoms. The molecular formula is C28H32N2O6.